The molecule has 1 amide bonds. The molecule has 8 heteroatoms. The largest absolute Gasteiger partial charge is 0.488 e. The molecule has 0 unspecified atom stereocenters. The van der Waals surface area contributed by atoms with E-state index in [-0.39, 0.29) is 18.2 Å². The predicted molar refractivity (Wildman–Crippen MR) is 124 cm³/mol. The topological polar surface area (TPSA) is 85.0 Å². The molecule has 32 heavy (non-hydrogen) atoms. The monoisotopic (exact) mass is 447 g/mol. The number of hydrogen-bond donors (Lipinski definition) is 0. The van der Waals surface area contributed by atoms with E-state index in [1.165, 1.54) is 23.2 Å². The van der Waals surface area contributed by atoms with Crippen molar-refractivity contribution in [2.24, 2.45) is 5.10 Å². The fraction of sp³-hybridized carbons (Fsp3) is 0.0833. The zero-order valence-corrected chi connectivity index (χ0v) is 17.8. The van der Waals surface area contributed by atoms with Crippen molar-refractivity contribution in [2.45, 2.75) is 13.5 Å². The summed E-state index contributed by atoms with van der Waals surface area (Å²) in [6.07, 6.45) is 1.58. The number of hydrazone groups is 1. The van der Waals surface area contributed by atoms with Gasteiger partial charge in [-0.25, -0.2) is 0 Å². The minimum atomic E-state index is -0.487. The van der Waals surface area contributed by atoms with Gasteiger partial charge in [-0.15, -0.1) is 0 Å². The van der Waals surface area contributed by atoms with Gasteiger partial charge in [-0.1, -0.05) is 41.9 Å². The molecule has 0 radical (unpaired) electrons. The fourth-order valence-electron chi connectivity index (χ4n) is 3.22. The summed E-state index contributed by atoms with van der Waals surface area (Å²) in [5.41, 5.74) is 2.69. The van der Waals surface area contributed by atoms with E-state index in [1.54, 1.807) is 37.3 Å². The highest BCUT2D eigenvalue weighted by molar-refractivity contribution is 6.32. The molecule has 0 atom stereocenters. The number of amides is 1. The van der Waals surface area contributed by atoms with Gasteiger partial charge in [0.05, 0.1) is 21.9 Å². The molecule has 0 bridgehead atoms. The third kappa shape index (κ3) is 4.53. The van der Waals surface area contributed by atoms with Crippen molar-refractivity contribution in [2.75, 3.05) is 5.01 Å². The number of para-hydroxylation sites is 1. The smallest absolute Gasteiger partial charge is 0.280 e. The first-order chi connectivity index (χ1) is 15.4. The highest BCUT2D eigenvalue weighted by Gasteiger charge is 2.29. The molecule has 0 aromatic heterocycles. The summed E-state index contributed by atoms with van der Waals surface area (Å²) in [7, 11) is 0. The number of hydrogen-bond acceptors (Lipinski definition) is 5. The van der Waals surface area contributed by atoms with Crippen molar-refractivity contribution in [3.05, 3.63) is 105 Å². The molecule has 1 heterocycles. The zero-order valence-electron chi connectivity index (χ0n) is 17.1. The van der Waals surface area contributed by atoms with Crippen LogP contribution in [0.5, 0.6) is 5.75 Å². The summed E-state index contributed by atoms with van der Waals surface area (Å²) in [5.74, 6) is 0.0978. The van der Waals surface area contributed by atoms with Gasteiger partial charge < -0.3 is 4.74 Å². The van der Waals surface area contributed by atoms with Crippen LogP contribution in [0.3, 0.4) is 0 Å². The molecule has 0 N–H and O–H groups in total. The van der Waals surface area contributed by atoms with E-state index in [4.69, 9.17) is 16.3 Å². The van der Waals surface area contributed by atoms with Crippen LogP contribution in [-0.4, -0.2) is 16.5 Å². The van der Waals surface area contributed by atoms with E-state index in [2.05, 4.69) is 5.10 Å². The van der Waals surface area contributed by atoms with E-state index in [0.717, 1.165) is 5.56 Å². The molecule has 4 rings (SSSR count). The summed E-state index contributed by atoms with van der Waals surface area (Å²) >= 11 is 5.92. The minimum Gasteiger partial charge on any atom is -0.488 e. The number of anilines is 1. The van der Waals surface area contributed by atoms with Gasteiger partial charge in [0.2, 0.25) is 0 Å². The maximum atomic E-state index is 13.0. The predicted octanol–water partition coefficient (Wildman–Crippen LogP) is 5.63. The highest BCUT2D eigenvalue weighted by Crippen LogP contribution is 2.30. The Balaban J connectivity index is 1.66. The fourth-order valence-corrected chi connectivity index (χ4v) is 3.35. The molecular weight excluding hydrogens is 430 g/mol. The van der Waals surface area contributed by atoms with Gasteiger partial charge >= 0.3 is 0 Å². The van der Waals surface area contributed by atoms with Crippen LogP contribution in [0.25, 0.3) is 6.08 Å². The van der Waals surface area contributed by atoms with Gasteiger partial charge in [0, 0.05) is 22.7 Å². The Kier molecular flexibility index (Phi) is 6.00. The molecule has 0 saturated carbocycles. The number of rotatable bonds is 6. The number of non-ortho nitro benzene ring substituents is 1. The van der Waals surface area contributed by atoms with Gasteiger partial charge in [0.15, 0.2) is 0 Å². The Morgan fingerprint density at radius 2 is 1.81 bits per heavy atom. The van der Waals surface area contributed by atoms with Crippen LogP contribution in [0.15, 0.2) is 83.5 Å². The lowest BCUT2D eigenvalue weighted by Crippen LogP contribution is -2.21. The van der Waals surface area contributed by atoms with Gasteiger partial charge in [0.1, 0.15) is 12.4 Å². The number of nitrogens with zero attached hydrogens (tertiary/aromatic N) is 3. The lowest BCUT2D eigenvalue weighted by atomic mass is 10.1. The lowest BCUT2D eigenvalue weighted by molar-refractivity contribution is -0.384. The van der Waals surface area contributed by atoms with Crippen molar-refractivity contribution in [1.29, 1.82) is 0 Å². The second-order valence-corrected chi connectivity index (χ2v) is 7.53. The average Bonchev–Trinajstić information content (AvgIpc) is 3.08. The number of nitro groups is 1. The molecule has 3 aromatic rings. The third-order valence-corrected chi connectivity index (χ3v) is 5.13. The van der Waals surface area contributed by atoms with Crippen molar-refractivity contribution < 1.29 is 14.5 Å². The third-order valence-electron chi connectivity index (χ3n) is 4.87. The first-order valence-electron chi connectivity index (χ1n) is 9.75. The Bertz CT molecular complexity index is 1240. The first kappa shape index (κ1) is 21.3. The second kappa shape index (κ2) is 9.03. The van der Waals surface area contributed by atoms with Crippen LogP contribution < -0.4 is 9.75 Å². The number of carbonyl (C=O) groups excluding carboxylic acids is 1. The zero-order chi connectivity index (χ0) is 22.7. The van der Waals surface area contributed by atoms with E-state index in [1.807, 2.05) is 30.3 Å². The molecule has 1 aliphatic heterocycles. The number of carbonyl (C=O) groups is 1. The van der Waals surface area contributed by atoms with Crippen molar-refractivity contribution in [3.63, 3.8) is 0 Å². The van der Waals surface area contributed by atoms with E-state index in [9.17, 15) is 14.9 Å². The summed E-state index contributed by atoms with van der Waals surface area (Å²) in [5, 5.41) is 17.6. The second-order valence-electron chi connectivity index (χ2n) is 7.09. The number of nitro benzene ring substituents is 1. The van der Waals surface area contributed by atoms with Crippen LogP contribution in [0, 0.1) is 10.1 Å². The Hall–Kier alpha value is -3.97. The Morgan fingerprint density at radius 1 is 1.09 bits per heavy atom. The quantitative estimate of drug-likeness (QED) is 0.278. The van der Waals surface area contributed by atoms with Gasteiger partial charge in [0.25, 0.3) is 11.6 Å². The molecule has 3 aromatic carbocycles. The average molecular weight is 448 g/mol. The molecular formula is C24H18ClN3O4. The van der Waals surface area contributed by atoms with E-state index < -0.39 is 4.92 Å². The van der Waals surface area contributed by atoms with Gasteiger partial charge in [-0.3, -0.25) is 14.9 Å². The minimum absolute atomic E-state index is 0.101. The van der Waals surface area contributed by atoms with Crippen LogP contribution in [0.2, 0.25) is 5.02 Å². The summed E-state index contributed by atoms with van der Waals surface area (Å²) in [4.78, 5) is 23.8. The normalized spacial score (nSPS) is 14.6. The molecule has 0 fully saturated rings. The summed E-state index contributed by atoms with van der Waals surface area (Å²) in [6.45, 7) is 1.96. The lowest BCUT2D eigenvalue weighted by Gasteiger charge is -2.12. The number of ether oxygens (including phenoxy) is 1. The van der Waals surface area contributed by atoms with Gasteiger partial charge in [-0.2, -0.15) is 10.1 Å². The molecule has 0 aliphatic carbocycles. The van der Waals surface area contributed by atoms with Crippen molar-refractivity contribution in [3.8, 4) is 5.75 Å². The van der Waals surface area contributed by atoms with E-state index in [0.29, 0.717) is 33.3 Å². The molecule has 160 valence electrons. The molecule has 0 spiro atoms. The van der Waals surface area contributed by atoms with Crippen LogP contribution in [0.4, 0.5) is 11.4 Å². The van der Waals surface area contributed by atoms with E-state index >= 15 is 0 Å². The molecule has 0 saturated heterocycles. The highest BCUT2D eigenvalue weighted by atomic mass is 35.5. The van der Waals surface area contributed by atoms with Crippen LogP contribution >= 0.6 is 11.6 Å². The van der Waals surface area contributed by atoms with Crippen molar-refractivity contribution >= 4 is 40.7 Å². The SMILES string of the molecule is CC1=NN(c2ccccc2)C(=O)C1=Cc1cc([N+](=O)[O-])ccc1OCc1ccc(Cl)cc1. The number of halogens is 1. The first-order valence-corrected chi connectivity index (χ1v) is 10.1. The van der Waals surface area contributed by atoms with Gasteiger partial charge in [-0.05, 0) is 48.9 Å². The standard InChI is InChI=1S/C24H18ClN3O4/c1-16-22(24(29)27(26-16)20-5-3-2-4-6-20)14-18-13-21(28(30)31)11-12-23(18)32-15-17-7-9-19(25)10-8-17/h2-14H,15H2,1H3. The van der Waals surface area contributed by atoms with Crippen molar-refractivity contribution in [1.82, 2.24) is 0 Å². The molecule has 7 nitrogen and oxygen atoms in total. The molecule has 1 aliphatic rings. The van der Waals surface area contributed by atoms with Crippen LogP contribution in [-0.2, 0) is 11.4 Å². The summed E-state index contributed by atoms with van der Waals surface area (Å²) in [6, 6.07) is 20.5. The van der Waals surface area contributed by atoms with Crippen LogP contribution in [0.1, 0.15) is 18.1 Å². The Labute approximate surface area is 189 Å². The maximum absolute atomic E-state index is 13.0. The maximum Gasteiger partial charge on any atom is 0.280 e. The summed E-state index contributed by atoms with van der Waals surface area (Å²) < 4.78 is 5.92. The Morgan fingerprint density at radius 3 is 2.50 bits per heavy atom. The number of benzene rings is 3.